The number of halogens is 1. The minimum atomic E-state index is -1.03. The topological polar surface area (TPSA) is 71.5 Å². The molecule has 17 heavy (non-hydrogen) atoms. The third-order valence-corrected chi connectivity index (χ3v) is 3.15. The highest BCUT2D eigenvalue weighted by atomic mass is 35.5. The van der Waals surface area contributed by atoms with Gasteiger partial charge in [0.05, 0.1) is 16.7 Å². The Labute approximate surface area is 104 Å². The molecule has 1 aliphatic rings. The average Bonchev–Trinajstić information content (AvgIpc) is 2.24. The van der Waals surface area contributed by atoms with E-state index in [0.29, 0.717) is 23.0 Å². The van der Waals surface area contributed by atoms with Crippen LogP contribution in [0, 0.1) is 0 Å². The second-order valence-corrected chi connectivity index (χ2v) is 4.44. The molecule has 1 saturated carbocycles. The maximum atomic E-state index is 10.7. The zero-order valence-corrected chi connectivity index (χ0v) is 10.1. The number of hydrogen-bond donors (Lipinski definition) is 2. The van der Waals surface area contributed by atoms with E-state index in [0.717, 1.165) is 12.8 Å². The minimum absolute atomic E-state index is 0.0870. The average molecular weight is 257 g/mol. The summed E-state index contributed by atoms with van der Waals surface area (Å²) in [6.07, 6.45) is 3.41. The number of nitrogens with zero attached hydrogens (tertiary/aromatic N) is 1. The Morgan fingerprint density at radius 1 is 1.65 bits per heavy atom. The predicted octanol–water partition coefficient (Wildman–Crippen LogP) is 2.02. The van der Waals surface area contributed by atoms with Crippen molar-refractivity contribution in [2.75, 3.05) is 12.4 Å². The van der Waals surface area contributed by atoms with Crippen LogP contribution >= 0.6 is 11.6 Å². The second-order valence-electron chi connectivity index (χ2n) is 4.03. The number of carboxylic acid groups (broad SMARTS) is 1. The first-order chi connectivity index (χ1) is 8.10. The molecule has 92 valence electrons. The summed E-state index contributed by atoms with van der Waals surface area (Å²) >= 11 is 5.95. The first-order valence-electron chi connectivity index (χ1n) is 5.28. The lowest BCUT2D eigenvalue weighted by Gasteiger charge is -2.35. The minimum Gasteiger partial charge on any atom is -0.478 e. The highest BCUT2D eigenvalue weighted by Crippen LogP contribution is 2.28. The summed E-state index contributed by atoms with van der Waals surface area (Å²) < 4.78 is 5.16. The van der Waals surface area contributed by atoms with Crippen LogP contribution in [0.15, 0.2) is 12.3 Å². The fourth-order valence-corrected chi connectivity index (χ4v) is 1.95. The summed E-state index contributed by atoms with van der Waals surface area (Å²) in [5.41, 5.74) is 0.0870. The number of carboxylic acids is 1. The van der Waals surface area contributed by atoms with Crippen molar-refractivity contribution in [3.8, 4) is 0 Å². The number of carbonyl (C=O) groups is 1. The monoisotopic (exact) mass is 256 g/mol. The normalized spacial score (nSPS) is 22.9. The largest absolute Gasteiger partial charge is 0.478 e. The van der Waals surface area contributed by atoms with E-state index in [1.807, 2.05) is 0 Å². The van der Waals surface area contributed by atoms with Gasteiger partial charge in [-0.05, 0) is 18.9 Å². The van der Waals surface area contributed by atoms with Crippen LogP contribution in [-0.2, 0) is 4.74 Å². The Bertz CT molecular complexity index is 433. The first kappa shape index (κ1) is 12.1. The lowest BCUT2D eigenvalue weighted by atomic mass is 9.89. The zero-order chi connectivity index (χ0) is 12.4. The van der Waals surface area contributed by atoms with Crippen molar-refractivity contribution in [3.05, 3.63) is 22.8 Å². The number of anilines is 1. The molecule has 0 atom stereocenters. The van der Waals surface area contributed by atoms with E-state index in [4.69, 9.17) is 21.4 Å². The van der Waals surface area contributed by atoms with Gasteiger partial charge in [-0.15, -0.1) is 0 Å². The molecular formula is C11H13ClN2O3. The van der Waals surface area contributed by atoms with Crippen molar-refractivity contribution in [2.45, 2.75) is 25.0 Å². The molecular weight excluding hydrogens is 244 g/mol. The highest BCUT2D eigenvalue weighted by molar-refractivity contribution is 6.33. The van der Waals surface area contributed by atoms with Gasteiger partial charge in [0.2, 0.25) is 0 Å². The third kappa shape index (κ3) is 2.68. The van der Waals surface area contributed by atoms with Gasteiger partial charge in [-0.25, -0.2) is 9.78 Å². The van der Waals surface area contributed by atoms with Gasteiger partial charge in [-0.3, -0.25) is 0 Å². The van der Waals surface area contributed by atoms with Gasteiger partial charge in [-0.1, -0.05) is 11.6 Å². The second kappa shape index (κ2) is 4.89. The predicted molar refractivity (Wildman–Crippen MR) is 63.6 cm³/mol. The molecule has 0 aliphatic heterocycles. The molecule has 1 aliphatic carbocycles. The van der Waals surface area contributed by atoms with Crippen molar-refractivity contribution in [3.63, 3.8) is 0 Å². The van der Waals surface area contributed by atoms with E-state index in [1.54, 1.807) is 7.11 Å². The van der Waals surface area contributed by atoms with E-state index in [2.05, 4.69) is 10.3 Å². The Kier molecular flexibility index (Phi) is 3.49. The Morgan fingerprint density at radius 2 is 2.35 bits per heavy atom. The summed E-state index contributed by atoms with van der Waals surface area (Å²) in [5, 5.41) is 12.3. The van der Waals surface area contributed by atoms with E-state index >= 15 is 0 Å². The molecule has 0 unspecified atom stereocenters. The summed E-state index contributed by atoms with van der Waals surface area (Å²) in [7, 11) is 1.69. The van der Waals surface area contributed by atoms with Gasteiger partial charge >= 0.3 is 5.97 Å². The maximum Gasteiger partial charge on any atom is 0.337 e. The van der Waals surface area contributed by atoms with E-state index in [1.165, 1.54) is 12.3 Å². The number of aromatic carboxylic acids is 1. The number of aromatic nitrogens is 1. The maximum absolute atomic E-state index is 10.7. The van der Waals surface area contributed by atoms with Crippen LogP contribution < -0.4 is 5.32 Å². The smallest absolute Gasteiger partial charge is 0.337 e. The van der Waals surface area contributed by atoms with Gasteiger partial charge in [0.25, 0.3) is 0 Å². The third-order valence-electron chi connectivity index (χ3n) is 2.86. The SMILES string of the molecule is COC1CC(Nc2ncc(C(=O)O)cc2Cl)C1. The van der Waals surface area contributed by atoms with Crippen molar-refractivity contribution < 1.29 is 14.6 Å². The number of rotatable bonds is 4. The molecule has 0 aromatic carbocycles. The summed E-state index contributed by atoms with van der Waals surface area (Å²) in [6.45, 7) is 0. The zero-order valence-electron chi connectivity index (χ0n) is 9.31. The van der Waals surface area contributed by atoms with Gasteiger partial charge in [-0.2, -0.15) is 0 Å². The van der Waals surface area contributed by atoms with Crippen molar-refractivity contribution >= 4 is 23.4 Å². The molecule has 1 fully saturated rings. The van der Waals surface area contributed by atoms with E-state index in [-0.39, 0.29) is 5.56 Å². The number of nitrogens with one attached hydrogen (secondary N) is 1. The van der Waals surface area contributed by atoms with Gasteiger partial charge in [0.1, 0.15) is 5.82 Å². The van der Waals surface area contributed by atoms with E-state index < -0.39 is 5.97 Å². The van der Waals surface area contributed by atoms with Crippen LogP contribution in [0.25, 0.3) is 0 Å². The van der Waals surface area contributed by atoms with Crippen LogP contribution in [0.5, 0.6) is 0 Å². The molecule has 0 radical (unpaired) electrons. The van der Waals surface area contributed by atoms with Gasteiger partial charge in [0.15, 0.2) is 0 Å². The van der Waals surface area contributed by atoms with Crippen molar-refractivity contribution in [1.29, 1.82) is 0 Å². The molecule has 2 N–H and O–H groups in total. The first-order valence-corrected chi connectivity index (χ1v) is 5.66. The fraction of sp³-hybridized carbons (Fsp3) is 0.455. The lowest BCUT2D eigenvalue weighted by molar-refractivity contribution is 0.0328. The van der Waals surface area contributed by atoms with Crippen LogP contribution in [0.2, 0.25) is 5.02 Å². The molecule has 1 aromatic heterocycles. The van der Waals surface area contributed by atoms with Crippen molar-refractivity contribution in [2.24, 2.45) is 0 Å². The van der Waals surface area contributed by atoms with E-state index in [9.17, 15) is 4.79 Å². The van der Waals surface area contributed by atoms with Crippen LogP contribution in [0.1, 0.15) is 23.2 Å². The number of hydrogen-bond acceptors (Lipinski definition) is 4. The van der Waals surface area contributed by atoms with Gasteiger partial charge < -0.3 is 15.2 Å². The molecule has 6 heteroatoms. The number of ether oxygens (including phenoxy) is 1. The fourth-order valence-electron chi connectivity index (χ4n) is 1.73. The molecule has 1 heterocycles. The van der Waals surface area contributed by atoms with Gasteiger partial charge in [0, 0.05) is 19.3 Å². The molecule has 0 amide bonds. The Morgan fingerprint density at radius 3 is 2.88 bits per heavy atom. The highest BCUT2D eigenvalue weighted by Gasteiger charge is 2.29. The number of pyridine rings is 1. The molecule has 1 aromatic rings. The lowest BCUT2D eigenvalue weighted by Crippen LogP contribution is -2.40. The van der Waals surface area contributed by atoms with Crippen molar-refractivity contribution in [1.82, 2.24) is 4.98 Å². The Hall–Kier alpha value is -1.33. The molecule has 0 bridgehead atoms. The van der Waals surface area contributed by atoms with Crippen LogP contribution in [0.4, 0.5) is 5.82 Å². The quantitative estimate of drug-likeness (QED) is 0.862. The standard InChI is InChI=1S/C11H13ClN2O3/c1-17-8-3-7(4-8)14-10-9(12)2-6(5-13-10)11(15)16/h2,5,7-8H,3-4H2,1H3,(H,13,14)(H,15,16). The summed E-state index contributed by atoms with van der Waals surface area (Å²) in [6, 6.07) is 1.69. The number of methoxy groups -OCH3 is 1. The molecule has 5 nitrogen and oxygen atoms in total. The van der Waals surface area contributed by atoms with Crippen LogP contribution in [-0.4, -0.2) is 35.3 Å². The summed E-state index contributed by atoms with van der Waals surface area (Å²) in [4.78, 5) is 14.7. The molecule has 0 spiro atoms. The van der Waals surface area contributed by atoms with Crippen LogP contribution in [0.3, 0.4) is 0 Å². The molecule has 0 saturated heterocycles. The Balaban J connectivity index is 2.00. The molecule has 2 rings (SSSR count). The summed E-state index contributed by atoms with van der Waals surface area (Å²) in [5.74, 6) is -0.509.